The molecular formula is C13H20N2O2. The first-order valence-corrected chi connectivity index (χ1v) is 5.89. The van der Waals surface area contributed by atoms with Crippen LogP contribution in [0.25, 0.3) is 0 Å². The number of aryl methyl sites for hydroxylation is 1. The highest BCUT2D eigenvalue weighted by atomic mass is 16.3. The Bertz CT molecular complexity index is 378. The van der Waals surface area contributed by atoms with Gasteiger partial charge in [0.2, 0.25) is 0 Å². The van der Waals surface area contributed by atoms with E-state index in [1.807, 2.05) is 13.0 Å². The molecule has 0 aliphatic heterocycles. The molecule has 0 amide bonds. The first-order chi connectivity index (χ1) is 8.10. The van der Waals surface area contributed by atoms with Crippen LogP contribution in [0.2, 0.25) is 0 Å². The Balaban J connectivity index is 2.97. The van der Waals surface area contributed by atoms with Gasteiger partial charge in [-0.05, 0) is 38.8 Å². The Morgan fingerprint density at radius 1 is 1.53 bits per heavy atom. The minimum absolute atomic E-state index is 0.175. The third-order valence-corrected chi connectivity index (χ3v) is 2.66. The summed E-state index contributed by atoms with van der Waals surface area (Å²) < 4.78 is 0. The summed E-state index contributed by atoms with van der Waals surface area (Å²) in [5.41, 5.74) is 1.58. The Labute approximate surface area is 102 Å². The zero-order chi connectivity index (χ0) is 12.8. The van der Waals surface area contributed by atoms with E-state index in [4.69, 9.17) is 5.11 Å². The lowest BCUT2D eigenvalue weighted by Crippen LogP contribution is -2.33. The summed E-state index contributed by atoms with van der Waals surface area (Å²) in [6.07, 6.45) is 3.11. The van der Waals surface area contributed by atoms with Crippen molar-refractivity contribution in [1.82, 2.24) is 4.98 Å². The zero-order valence-electron chi connectivity index (χ0n) is 10.7. The van der Waals surface area contributed by atoms with Gasteiger partial charge < -0.3 is 10.0 Å². The highest BCUT2D eigenvalue weighted by Crippen LogP contribution is 2.20. The second-order valence-corrected chi connectivity index (χ2v) is 4.39. The average molecular weight is 236 g/mol. The summed E-state index contributed by atoms with van der Waals surface area (Å²) in [6.45, 7) is 7.07. The van der Waals surface area contributed by atoms with Gasteiger partial charge in [0, 0.05) is 31.0 Å². The van der Waals surface area contributed by atoms with Crippen LogP contribution in [0.15, 0.2) is 12.3 Å². The predicted molar refractivity (Wildman–Crippen MR) is 68.5 cm³/mol. The first-order valence-electron chi connectivity index (χ1n) is 5.89. The fourth-order valence-corrected chi connectivity index (χ4v) is 1.80. The molecule has 0 saturated heterocycles. The van der Waals surface area contributed by atoms with E-state index in [2.05, 4.69) is 23.7 Å². The number of anilines is 1. The van der Waals surface area contributed by atoms with Crippen LogP contribution in [0.3, 0.4) is 0 Å². The monoisotopic (exact) mass is 236 g/mol. The molecule has 1 rings (SSSR count). The van der Waals surface area contributed by atoms with Gasteiger partial charge in [0.05, 0.1) is 0 Å². The molecule has 17 heavy (non-hydrogen) atoms. The molecule has 0 spiro atoms. The van der Waals surface area contributed by atoms with E-state index in [-0.39, 0.29) is 6.61 Å². The van der Waals surface area contributed by atoms with Crippen LogP contribution in [-0.4, -0.2) is 35.6 Å². The topological polar surface area (TPSA) is 53.4 Å². The van der Waals surface area contributed by atoms with Crippen molar-refractivity contribution in [3.05, 3.63) is 23.4 Å². The summed E-state index contributed by atoms with van der Waals surface area (Å²) in [5.74, 6) is 0.888. The van der Waals surface area contributed by atoms with Gasteiger partial charge in [-0.15, -0.1) is 0 Å². The third kappa shape index (κ3) is 3.53. The van der Waals surface area contributed by atoms with Crippen molar-refractivity contribution in [3.8, 4) is 0 Å². The number of pyridine rings is 1. The van der Waals surface area contributed by atoms with E-state index in [1.54, 1.807) is 6.20 Å². The summed E-state index contributed by atoms with van der Waals surface area (Å²) in [7, 11) is 0. The van der Waals surface area contributed by atoms with Crippen molar-refractivity contribution in [2.24, 2.45) is 0 Å². The number of hydrogen-bond acceptors (Lipinski definition) is 4. The van der Waals surface area contributed by atoms with Crippen molar-refractivity contribution in [2.75, 3.05) is 18.1 Å². The molecule has 1 heterocycles. The van der Waals surface area contributed by atoms with Crippen molar-refractivity contribution in [2.45, 2.75) is 33.2 Å². The van der Waals surface area contributed by atoms with E-state index >= 15 is 0 Å². The molecule has 0 aliphatic carbocycles. The molecule has 0 radical (unpaired) electrons. The standard InChI is InChI=1S/C13H20N2O2/c1-10(2)15(5-4-6-16)13-11(3)7-12(9-17)8-14-13/h7-10,16H,4-6H2,1-3H3. The van der Waals surface area contributed by atoms with Crippen molar-refractivity contribution in [3.63, 3.8) is 0 Å². The maximum Gasteiger partial charge on any atom is 0.151 e. The lowest BCUT2D eigenvalue weighted by molar-refractivity contribution is 0.112. The fourth-order valence-electron chi connectivity index (χ4n) is 1.80. The van der Waals surface area contributed by atoms with Crippen LogP contribution < -0.4 is 4.90 Å². The number of carbonyl (C=O) groups excluding carboxylic acids is 1. The Morgan fingerprint density at radius 3 is 2.71 bits per heavy atom. The second-order valence-electron chi connectivity index (χ2n) is 4.39. The summed E-state index contributed by atoms with van der Waals surface area (Å²) in [5, 5.41) is 8.90. The van der Waals surface area contributed by atoms with Gasteiger partial charge in [-0.2, -0.15) is 0 Å². The van der Waals surface area contributed by atoms with Crippen molar-refractivity contribution >= 4 is 12.1 Å². The lowest BCUT2D eigenvalue weighted by Gasteiger charge is -2.29. The number of hydrogen-bond donors (Lipinski definition) is 1. The van der Waals surface area contributed by atoms with E-state index in [1.165, 1.54) is 0 Å². The van der Waals surface area contributed by atoms with E-state index in [9.17, 15) is 4.79 Å². The fraction of sp³-hybridized carbons (Fsp3) is 0.538. The molecule has 0 bridgehead atoms. The minimum atomic E-state index is 0.175. The van der Waals surface area contributed by atoms with Gasteiger partial charge in [0.25, 0.3) is 0 Å². The molecule has 0 aliphatic rings. The molecule has 0 saturated carbocycles. The Hall–Kier alpha value is -1.42. The molecule has 94 valence electrons. The molecule has 0 atom stereocenters. The predicted octanol–water partition coefficient (Wildman–Crippen LogP) is 1.80. The van der Waals surface area contributed by atoms with Crippen LogP contribution in [0, 0.1) is 6.92 Å². The zero-order valence-corrected chi connectivity index (χ0v) is 10.7. The maximum atomic E-state index is 10.7. The van der Waals surface area contributed by atoms with Gasteiger partial charge in [0.1, 0.15) is 5.82 Å². The summed E-state index contributed by atoms with van der Waals surface area (Å²) in [4.78, 5) is 17.1. The molecule has 1 N–H and O–H groups in total. The Kier molecular flexibility index (Phi) is 5.10. The maximum absolute atomic E-state index is 10.7. The molecule has 1 aromatic rings. The first kappa shape index (κ1) is 13.6. The number of carbonyl (C=O) groups is 1. The number of aliphatic hydroxyl groups is 1. The second kappa shape index (κ2) is 6.35. The van der Waals surface area contributed by atoms with Crippen LogP contribution in [0.1, 0.15) is 36.2 Å². The Morgan fingerprint density at radius 2 is 2.24 bits per heavy atom. The number of aliphatic hydroxyl groups excluding tert-OH is 1. The van der Waals surface area contributed by atoms with Crippen molar-refractivity contribution in [1.29, 1.82) is 0 Å². The molecule has 4 heteroatoms. The summed E-state index contributed by atoms with van der Waals surface area (Å²) in [6, 6.07) is 2.15. The van der Waals surface area contributed by atoms with Gasteiger partial charge in [0.15, 0.2) is 6.29 Å². The van der Waals surface area contributed by atoms with E-state index < -0.39 is 0 Å². The normalized spacial score (nSPS) is 10.6. The molecular weight excluding hydrogens is 216 g/mol. The quantitative estimate of drug-likeness (QED) is 0.765. The number of aldehydes is 1. The molecule has 0 fully saturated rings. The van der Waals surface area contributed by atoms with Gasteiger partial charge in [-0.1, -0.05) is 0 Å². The van der Waals surface area contributed by atoms with E-state index in [0.717, 1.165) is 24.2 Å². The average Bonchev–Trinajstić information content (AvgIpc) is 2.30. The number of rotatable bonds is 6. The van der Waals surface area contributed by atoms with Crippen LogP contribution >= 0.6 is 0 Å². The smallest absolute Gasteiger partial charge is 0.151 e. The van der Waals surface area contributed by atoms with Crippen LogP contribution in [0.4, 0.5) is 5.82 Å². The molecule has 0 unspecified atom stereocenters. The number of aromatic nitrogens is 1. The highest BCUT2D eigenvalue weighted by molar-refractivity contribution is 5.75. The van der Waals surface area contributed by atoms with E-state index in [0.29, 0.717) is 18.0 Å². The highest BCUT2D eigenvalue weighted by Gasteiger charge is 2.14. The molecule has 4 nitrogen and oxygen atoms in total. The lowest BCUT2D eigenvalue weighted by atomic mass is 10.2. The van der Waals surface area contributed by atoms with Gasteiger partial charge in [-0.3, -0.25) is 4.79 Å². The van der Waals surface area contributed by atoms with Gasteiger partial charge >= 0.3 is 0 Å². The van der Waals surface area contributed by atoms with Crippen molar-refractivity contribution < 1.29 is 9.90 Å². The summed E-state index contributed by atoms with van der Waals surface area (Å²) >= 11 is 0. The molecule has 0 aromatic carbocycles. The SMILES string of the molecule is Cc1cc(C=O)cnc1N(CCCO)C(C)C. The van der Waals surface area contributed by atoms with Crippen LogP contribution in [0.5, 0.6) is 0 Å². The largest absolute Gasteiger partial charge is 0.396 e. The van der Waals surface area contributed by atoms with Crippen LogP contribution in [-0.2, 0) is 0 Å². The van der Waals surface area contributed by atoms with Gasteiger partial charge in [-0.25, -0.2) is 4.98 Å². The molecule has 1 aromatic heterocycles. The third-order valence-electron chi connectivity index (χ3n) is 2.66. The minimum Gasteiger partial charge on any atom is -0.396 e. The number of nitrogens with zero attached hydrogens (tertiary/aromatic N) is 2.